The van der Waals surface area contributed by atoms with Gasteiger partial charge in [-0.3, -0.25) is 9.32 Å². The summed E-state index contributed by atoms with van der Waals surface area (Å²) in [6.07, 6.45) is 0.115. The molecule has 1 aromatic carbocycles. The van der Waals surface area contributed by atoms with Crippen LogP contribution in [-0.4, -0.2) is 63.9 Å². The van der Waals surface area contributed by atoms with Gasteiger partial charge in [0.25, 0.3) is 0 Å². The number of esters is 1. The summed E-state index contributed by atoms with van der Waals surface area (Å²) in [5.41, 5.74) is 7.32. The zero-order valence-electron chi connectivity index (χ0n) is 27.1. The molecule has 1 unspecified atom stereocenters. The van der Waals surface area contributed by atoms with Crippen molar-refractivity contribution in [2.75, 3.05) is 18.9 Å². The molecule has 0 aliphatic carbocycles. The zero-order chi connectivity index (χ0) is 32.8. The highest BCUT2D eigenvalue weighted by Gasteiger charge is 2.62. The molecule has 3 N–H and O–H groups in total. The summed E-state index contributed by atoms with van der Waals surface area (Å²) in [7, 11) is -4.18. The first-order valence-corrected chi connectivity index (χ1v) is 16.7. The van der Waals surface area contributed by atoms with Crippen LogP contribution in [0.5, 0.6) is 5.75 Å². The minimum atomic E-state index is -4.18. The number of hydrogen-bond acceptors (Lipinski definition) is 11. The second kappa shape index (κ2) is 12.3. The highest BCUT2D eigenvalue weighted by Crippen LogP contribution is 2.51. The number of aromatic nitrogens is 3. The largest absolute Gasteiger partial charge is 0.465 e. The zero-order valence-corrected chi connectivity index (χ0v) is 28.0. The number of anilines is 1. The summed E-state index contributed by atoms with van der Waals surface area (Å²) >= 11 is 0. The predicted molar refractivity (Wildman–Crippen MR) is 167 cm³/mol. The minimum absolute atomic E-state index is 0.0856. The maximum Gasteiger partial charge on any atom is 0.459 e. The number of nitrogen functional groups attached to an aromatic ring is 1. The van der Waals surface area contributed by atoms with E-state index in [0.29, 0.717) is 29.2 Å². The highest BCUT2D eigenvalue weighted by atomic mass is 31.2. The van der Waals surface area contributed by atoms with Gasteiger partial charge in [0.15, 0.2) is 11.6 Å². The number of carbonyl (C=O) groups is 1. The number of ether oxygens (including phenoxy) is 4. The van der Waals surface area contributed by atoms with Gasteiger partial charge in [0.05, 0.1) is 18.9 Å². The molecule has 5 rings (SSSR count). The molecule has 0 radical (unpaired) electrons. The van der Waals surface area contributed by atoms with Gasteiger partial charge in [-0.1, -0.05) is 39.8 Å². The molecule has 45 heavy (non-hydrogen) atoms. The number of benzene rings is 1. The Labute approximate surface area is 263 Å². The molecule has 0 amide bonds. The molecule has 4 heterocycles. The summed E-state index contributed by atoms with van der Waals surface area (Å²) in [6.45, 7) is 15.3. The van der Waals surface area contributed by atoms with E-state index in [1.165, 1.54) is 6.33 Å². The third-order valence-electron chi connectivity index (χ3n) is 7.93. The fourth-order valence-electron chi connectivity index (χ4n) is 5.63. The van der Waals surface area contributed by atoms with Crippen molar-refractivity contribution >= 4 is 25.1 Å². The Morgan fingerprint density at radius 2 is 1.84 bits per heavy atom. The van der Waals surface area contributed by atoms with Gasteiger partial charge in [-0.05, 0) is 69.4 Å². The van der Waals surface area contributed by atoms with Crippen molar-refractivity contribution in [3.8, 4) is 5.75 Å². The van der Waals surface area contributed by atoms with Crippen molar-refractivity contribution in [1.82, 2.24) is 19.7 Å². The number of hydrogen-bond donors (Lipinski definition) is 2. The first-order valence-electron chi connectivity index (χ1n) is 15.2. The maximum atomic E-state index is 14.3. The van der Waals surface area contributed by atoms with E-state index in [0.717, 1.165) is 5.56 Å². The van der Waals surface area contributed by atoms with Crippen LogP contribution in [0.1, 0.15) is 73.1 Å². The van der Waals surface area contributed by atoms with E-state index in [9.17, 15) is 9.36 Å². The molecule has 0 saturated carbocycles. The van der Waals surface area contributed by atoms with E-state index in [1.54, 1.807) is 23.6 Å². The summed E-state index contributed by atoms with van der Waals surface area (Å²) in [4.78, 5) is 16.7. The third-order valence-corrected chi connectivity index (χ3v) is 9.58. The minimum Gasteiger partial charge on any atom is -0.465 e. The number of nitrogens with two attached hydrogens (primary N) is 1. The van der Waals surface area contributed by atoms with Crippen LogP contribution in [0.4, 0.5) is 5.82 Å². The lowest BCUT2D eigenvalue weighted by Crippen LogP contribution is -2.39. The van der Waals surface area contributed by atoms with E-state index in [2.05, 4.69) is 35.9 Å². The van der Waals surface area contributed by atoms with Crippen molar-refractivity contribution in [2.45, 2.75) is 103 Å². The van der Waals surface area contributed by atoms with Crippen molar-refractivity contribution in [2.24, 2.45) is 0 Å². The van der Waals surface area contributed by atoms with Gasteiger partial charge in [-0.2, -0.15) is 10.2 Å². The predicted octanol–water partition coefficient (Wildman–Crippen LogP) is 4.88. The van der Waals surface area contributed by atoms with Gasteiger partial charge in [0, 0.05) is 0 Å². The van der Waals surface area contributed by atoms with Gasteiger partial charge in [0.1, 0.15) is 47.5 Å². The Morgan fingerprint density at radius 3 is 2.51 bits per heavy atom. The average molecular weight is 646 g/mol. The van der Waals surface area contributed by atoms with Crippen molar-refractivity contribution in [3.63, 3.8) is 0 Å². The van der Waals surface area contributed by atoms with Crippen LogP contribution in [0.15, 0.2) is 42.7 Å². The number of nitrogens with zero attached hydrogens (tertiary/aromatic N) is 3. The van der Waals surface area contributed by atoms with Crippen molar-refractivity contribution in [1.29, 1.82) is 0 Å². The molecule has 14 heteroatoms. The fourth-order valence-corrected chi connectivity index (χ4v) is 7.13. The molecule has 0 bridgehead atoms. The molecular formula is C31H44N5O8P. The van der Waals surface area contributed by atoms with E-state index < -0.39 is 49.5 Å². The van der Waals surface area contributed by atoms with Crippen LogP contribution in [0.25, 0.3) is 5.52 Å². The van der Waals surface area contributed by atoms with Gasteiger partial charge in [-0.25, -0.2) is 14.1 Å². The van der Waals surface area contributed by atoms with E-state index in [1.807, 2.05) is 52.0 Å². The number of carbonyl (C=O) groups excluding carboxylic acids is 1. The van der Waals surface area contributed by atoms with E-state index in [-0.39, 0.29) is 18.6 Å². The first-order chi connectivity index (χ1) is 21.1. The summed E-state index contributed by atoms with van der Waals surface area (Å²) in [5, 5.41) is 7.14. The normalized spacial score (nSPS) is 26.4. The molecule has 13 nitrogen and oxygen atoms in total. The Bertz CT molecular complexity index is 1570. The van der Waals surface area contributed by atoms with Crippen LogP contribution in [-0.2, 0) is 43.8 Å². The lowest BCUT2D eigenvalue weighted by atomic mass is 9.87. The van der Waals surface area contributed by atoms with Crippen LogP contribution < -0.4 is 15.3 Å². The summed E-state index contributed by atoms with van der Waals surface area (Å²) < 4.78 is 52.5. The molecule has 2 aromatic heterocycles. The molecule has 2 fully saturated rings. The molecule has 2 aliphatic rings. The summed E-state index contributed by atoms with van der Waals surface area (Å²) in [6, 6.07) is 9.93. The van der Waals surface area contributed by atoms with Crippen LogP contribution in [0, 0.1) is 0 Å². The molecular weight excluding hydrogens is 601 g/mol. The SMILES string of the molecule is CCCOC(=O)[C@H](C)NP(=O)(OC[C@H]1O[C@@](C)(c2ccc3c(N)ncnn23)[C@@H]2OC(C)(C)O[C@@H]21)Oc1ccc(C(C)(C)C)cc1. The Hall–Kier alpha value is -3.06. The summed E-state index contributed by atoms with van der Waals surface area (Å²) in [5.74, 6) is -0.872. The Balaban J connectivity index is 1.41. The lowest BCUT2D eigenvalue weighted by Gasteiger charge is -2.31. The molecule has 2 aliphatic heterocycles. The molecule has 2 saturated heterocycles. The second-order valence-corrected chi connectivity index (χ2v) is 14.8. The second-order valence-electron chi connectivity index (χ2n) is 13.1. The van der Waals surface area contributed by atoms with Gasteiger partial charge in [0.2, 0.25) is 0 Å². The Morgan fingerprint density at radius 1 is 1.13 bits per heavy atom. The standard InChI is InChI=1S/C31H44N5O8P/c1-9-16-39-28(37)19(2)35-45(38,44-21-12-10-20(11-13-21)29(3,4)5)40-17-23-25-26(43-30(6,7)42-25)31(8,41-23)24-15-14-22-27(32)33-18-34-36(22)24/h10-15,18-19,23,25-26H,9,16-17H2,1-8H3,(H,35,38)(H2,32,33,34)/t19-,23+,25+,26+,31-,45?/m0/s1. The number of nitrogens with one attached hydrogen (secondary N) is 1. The molecule has 6 atom stereocenters. The fraction of sp³-hybridized carbons (Fsp3) is 0.581. The highest BCUT2D eigenvalue weighted by molar-refractivity contribution is 7.52. The number of rotatable bonds is 11. The van der Waals surface area contributed by atoms with Crippen molar-refractivity contribution in [3.05, 3.63) is 54.0 Å². The smallest absolute Gasteiger partial charge is 0.459 e. The molecule has 0 spiro atoms. The number of fused-ring (bicyclic) bond motifs is 2. The maximum absolute atomic E-state index is 14.3. The first kappa shape index (κ1) is 33.3. The lowest BCUT2D eigenvalue weighted by molar-refractivity contribution is -0.211. The van der Waals surface area contributed by atoms with Gasteiger partial charge >= 0.3 is 13.7 Å². The van der Waals surface area contributed by atoms with Crippen LogP contribution in [0.2, 0.25) is 0 Å². The van der Waals surface area contributed by atoms with E-state index >= 15 is 0 Å². The molecule has 3 aromatic rings. The topological polar surface area (TPSA) is 158 Å². The molecule has 246 valence electrons. The van der Waals surface area contributed by atoms with Crippen LogP contribution in [0.3, 0.4) is 0 Å². The Kier molecular flexibility index (Phi) is 9.09. The average Bonchev–Trinajstić information content (AvgIpc) is 3.62. The monoisotopic (exact) mass is 645 g/mol. The third kappa shape index (κ3) is 6.89. The van der Waals surface area contributed by atoms with E-state index in [4.69, 9.17) is 33.7 Å². The van der Waals surface area contributed by atoms with Crippen molar-refractivity contribution < 1.29 is 37.4 Å². The van der Waals surface area contributed by atoms with Gasteiger partial charge < -0.3 is 29.2 Å². The van der Waals surface area contributed by atoms with Crippen LogP contribution >= 0.6 is 7.75 Å². The quantitative estimate of drug-likeness (QED) is 0.215. The van der Waals surface area contributed by atoms with Gasteiger partial charge in [-0.15, -0.1) is 0 Å².